The number of carboxylic acid groups (broad SMARTS) is 1. The third-order valence-corrected chi connectivity index (χ3v) is 4.58. The van der Waals surface area contributed by atoms with Crippen molar-refractivity contribution in [3.63, 3.8) is 0 Å². The molecule has 136 valence electrons. The number of Topliss-reactive ketones (excluding diaryl/α,β-unsaturated/α-hetero) is 1. The summed E-state index contributed by atoms with van der Waals surface area (Å²) >= 11 is 0. The second kappa shape index (κ2) is 12.0. The van der Waals surface area contributed by atoms with Crippen molar-refractivity contribution >= 4 is 11.8 Å². The van der Waals surface area contributed by atoms with Crippen molar-refractivity contribution < 1.29 is 19.8 Å². The molecule has 2 atom stereocenters. The zero-order valence-electron chi connectivity index (χ0n) is 14.9. The molecule has 4 nitrogen and oxygen atoms in total. The number of aliphatic hydroxyl groups excluding tert-OH is 1. The van der Waals surface area contributed by atoms with E-state index >= 15 is 0 Å². The van der Waals surface area contributed by atoms with E-state index in [2.05, 4.69) is 6.92 Å². The van der Waals surface area contributed by atoms with Gasteiger partial charge in [-0.2, -0.15) is 0 Å². The van der Waals surface area contributed by atoms with Crippen LogP contribution in [0.3, 0.4) is 0 Å². The first-order valence-electron chi connectivity index (χ1n) is 9.35. The lowest BCUT2D eigenvalue weighted by Gasteiger charge is -2.12. The molecule has 0 aromatic rings. The van der Waals surface area contributed by atoms with Crippen LogP contribution in [0.5, 0.6) is 0 Å². The lowest BCUT2D eigenvalue weighted by atomic mass is 9.92. The van der Waals surface area contributed by atoms with E-state index in [4.69, 9.17) is 5.11 Å². The average molecular weight is 336 g/mol. The maximum absolute atomic E-state index is 12.0. The van der Waals surface area contributed by atoms with Gasteiger partial charge in [0, 0.05) is 18.8 Å². The van der Waals surface area contributed by atoms with E-state index in [1.54, 1.807) is 0 Å². The number of aliphatic hydroxyl groups is 1. The summed E-state index contributed by atoms with van der Waals surface area (Å²) in [5, 5.41) is 18.6. The molecule has 0 bridgehead atoms. The summed E-state index contributed by atoms with van der Waals surface area (Å²) < 4.78 is 0. The molecule has 0 aromatic heterocycles. The summed E-state index contributed by atoms with van der Waals surface area (Å²) in [6.07, 6.45) is 14.5. The zero-order valence-corrected chi connectivity index (χ0v) is 14.9. The molecule has 0 fully saturated rings. The van der Waals surface area contributed by atoms with Gasteiger partial charge in [-0.05, 0) is 24.8 Å². The third-order valence-electron chi connectivity index (χ3n) is 4.58. The lowest BCUT2D eigenvalue weighted by Crippen LogP contribution is -2.10. The van der Waals surface area contributed by atoms with Gasteiger partial charge < -0.3 is 10.2 Å². The van der Waals surface area contributed by atoms with Gasteiger partial charge in [-0.25, -0.2) is 0 Å². The van der Waals surface area contributed by atoms with Crippen LogP contribution >= 0.6 is 0 Å². The van der Waals surface area contributed by atoms with Gasteiger partial charge in [0.05, 0.1) is 6.10 Å². The van der Waals surface area contributed by atoms with Gasteiger partial charge >= 0.3 is 5.97 Å². The molecule has 0 radical (unpaired) electrons. The van der Waals surface area contributed by atoms with Crippen LogP contribution in [0.15, 0.2) is 23.8 Å². The molecule has 0 spiro atoms. The Balaban J connectivity index is 2.31. The molecule has 4 heteroatoms. The number of carboxylic acids is 1. The Morgan fingerprint density at radius 3 is 2.71 bits per heavy atom. The van der Waals surface area contributed by atoms with Crippen molar-refractivity contribution in [3.8, 4) is 0 Å². The van der Waals surface area contributed by atoms with E-state index in [1.807, 2.05) is 18.2 Å². The number of carbonyl (C=O) groups is 2. The molecule has 0 saturated heterocycles. The molecular formula is C20H32O4. The number of carbonyl (C=O) groups excluding carboxylic acids is 1. The highest BCUT2D eigenvalue weighted by atomic mass is 16.4. The first-order chi connectivity index (χ1) is 11.5. The summed E-state index contributed by atoms with van der Waals surface area (Å²) in [7, 11) is 0. The average Bonchev–Trinajstić information content (AvgIpc) is 2.89. The third kappa shape index (κ3) is 8.44. The highest BCUT2D eigenvalue weighted by Crippen LogP contribution is 2.29. The molecule has 24 heavy (non-hydrogen) atoms. The first-order valence-corrected chi connectivity index (χ1v) is 9.35. The maximum atomic E-state index is 12.0. The highest BCUT2D eigenvalue weighted by molar-refractivity contribution is 5.89. The molecule has 1 aliphatic carbocycles. The molecule has 0 amide bonds. The van der Waals surface area contributed by atoms with Gasteiger partial charge in [-0.15, -0.1) is 0 Å². The summed E-state index contributed by atoms with van der Waals surface area (Å²) in [4.78, 5) is 22.5. The zero-order chi connectivity index (χ0) is 17.8. The van der Waals surface area contributed by atoms with Crippen LogP contribution in [0, 0.1) is 5.92 Å². The Labute approximate surface area is 145 Å². The molecule has 1 rings (SSSR count). The fraction of sp³-hybridized carbons (Fsp3) is 0.700. The Hall–Kier alpha value is -1.42. The minimum atomic E-state index is -0.742. The van der Waals surface area contributed by atoms with Crippen LogP contribution in [0.1, 0.15) is 77.6 Å². The predicted molar refractivity (Wildman–Crippen MR) is 95.8 cm³/mol. The molecule has 0 unspecified atom stereocenters. The Kier molecular flexibility index (Phi) is 10.3. The van der Waals surface area contributed by atoms with Gasteiger partial charge in [-0.3, -0.25) is 9.59 Å². The van der Waals surface area contributed by atoms with Gasteiger partial charge in [0.1, 0.15) is 5.78 Å². The van der Waals surface area contributed by atoms with Crippen LogP contribution in [-0.4, -0.2) is 28.1 Å². The van der Waals surface area contributed by atoms with Crippen molar-refractivity contribution in [2.24, 2.45) is 5.92 Å². The van der Waals surface area contributed by atoms with Crippen LogP contribution < -0.4 is 0 Å². The van der Waals surface area contributed by atoms with Crippen LogP contribution in [-0.2, 0) is 9.59 Å². The normalized spacial score (nSPS) is 19.0. The standard InChI is InChI=1S/C20H32O4/c1-2-3-6-9-17(21)14-12-16-13-15-19(22)18(16)10-7-4-5-8-11-20(23)24/h12-14,17-18,21H,2-11,15H2,1H3,(H,23,24)/t17-,18+/m0/s1. The minimum absolute atomic E-state index is 0.0384. The molecule has 1 aliphatic rings. The number of ketones is 1. The first kappa shape index (κ1) is 20.6. The van der Waals surface area contributed by atoms with E-state index in [0.29, 0.717) is 12.8 Å². The monoisotopic (exact) mass is 336 g/mol. The number of aliphatic carboxylic acids is 1. The molecule has 2 N–H and O–H groups in total. The van der Waals surface area contributed by atoms with Crippen molar-refractivity contribution in [1.82, 2.24) is 0 Å². The largest absolute Gasteiger partial charge is 0.481 e. The fourth-order valence-electron chi connectivity index (χ4n) is 3.10. The van der Waals surface area contributed by atoms with Crippen LogP contribution in [0.4, 0.5) is 0 Å². The van der Waals surface area contributed by atoms with E-state index in [0.717, 1.165) is 56.9 Å². The van der Waals surface area contributed by atoms with E-state index in [9.17, 15) is 14.7 Å². The number of hydrogen-bond donors (Lipinski definition) is 2. The SMILES string of the molecule is CCCCC[C@H](O)C=CC1=CCC(=O)[C@@H]1CCCCCCC(=O)O. The second-order valence-corrected chi connectivity index (χ2v) is 6.70. The Morgan fingerprint density at radius 1 is 1.25 bits per heavy atom. The summed E-state index contributed by atoms with van der Waals surface area (Å²) in [5.74, 6) is -0.516. The van der Waals surface area contributed by atoms with Gasteiger partial charge in [-0.1, -0.05) is 63.7 Å². The Bertz CT molecular complexity index is 451. The number of hydrogen-bond acceptors (Lipinski definition) is 3. The van der Waals surface area contributed by atoms with E-state index in [1.165, 1.54) is 0 Å². The van der Waals surface area contributed by atoms with E-state index in [-0.39, 0.29) is 18.1 Å². The summed E-state index contributed by atoms with van der Waals surface area (Å²) in [6, 6.07) is 0. The summed E-state index contributed by atoms with van der Waals surface area (Å²) in [5.41, 5.74) is 1.04. The fourth-order valence-corrected chi connectivity index (χ4v) is 3.10. The van der Waals surface area contributed by atoms with Gasteiger partial charge in [0.15, 0.2) is 0 Å². The quantitative estimate of drug-likeness (QED) is 0.488. The maximum Gasteiger partial charge on any atom is 0.303 e. The van der Waals surface area contributed by atoms with Crippen LogP contribution in [0.2, 0.25) is 0 Å². The van der Waals surface area contributed by atoms with Gasteiger partial charge in [0.25, 0.3) is 0 Å². The smallest absolute Gasteiger partial charge is 0.303 e. The van der Waals surface area contributed by atoms with Crippen molar-refractivity contribution in [3.05, 3.63) is 23.8 Å². The highest BCUT2D eigenvalue weighted by Gasteiger charge is 2.25. The molecular weight excluding hydrogens is 304 g/mol. The summed E-state index contributed by atoms with van der Waals surface area (Å²) in [6.45, 7) is 2.14. The van der Waals surface area contributed by atoms with Crippen molar-refractivity contribution in [1.29, 1.82) is 0 Å². The van der Waals surface area contributed by atoms with Gasteiger partial charge in [0.2, 0.25) is 0 Å². The van der Waals surface area contributed by atoms with E-state index < -0.39 is 12.1 Å². The Morgan fingerprint density at radius 2 is 2.00 bits per heavy atom. The van der Waals surface area contributed by atoms with Crippen LogP contribution in [0.25, 0.3) is 0 Å². The lowest BCUT2D eigenvalue weighted by molar-refractivity contribution is -0.137. The molecule has 0 saturated carbocycles. The number of unbranched alkanes of at least 4 members (excludes halogenated alkanes) is 5. The minimum Gasteiger partial charge on any atom is -0.481 e. The molecule has 0 aromatic carbocycles. The number of rotatable bonds is 13. The predicted octanol–water partition coefficient (Wildman–Crippen LogP) is 4.42. The van der Waals surface area contributed by atoms with Crippen molar-refractivity contribution in [2.45, 2.75) is 83.7 Å². The number of allylic oxidation sites excluding steroid dienone is 3. The second-order valence-electron chi connectivity index (χ2n) is 6.70. The van der Waals surface area contributed by atoms with Crippen molar-refractivity contribution in [2.75, 3.05) is 0 Å². The topological polar surface area (TPSA) is 74.6 Å². The molecule has 0 heterocycles. The molecule has 0 aliphatic heterocycles.